The van der Waals surface area contributed by atoms with Gasteiger partial charge in [0, 0.05) is 11.4 Å². The van der Waals surface area contributed by atoms with Crippen molar-refractivity contribution < 1.29 is 4.79 Å². The molecule has 0 bridgehead atoms. The predicted molar refractivity (Wildman–Crippen MR) is 97.3 cm³/mol. The van der Waals surface area contributed by atoms with Crippen molar-refractivity contribution in [2.75, 3.05) is 6.54 Å². The van der Waals surface area contributed by atoms with Gasteiger partial charge in [-0.2, -0.15) is 0 Å². The van der Waals surface area contributed by atoms with Crippen LogP contribution in [0.15, 0.2) is 54.1 Å². The van der Waals surface area contributed by atoms with Gasteiger partial charge >= 0.3 is 0 Å². The van der Waals surface area contributed by atoms with Gasteiger partial charge in [0.1, 0.15) is 11.4 Å². The van der Waals surface area contributed by atoms with E-state index in [4.69, 9.17) is 0 Å². The standard InChI is InChI=1S/C18H17N3O2S/c1-3-9-19-14(22)10-21-11-20-17-15(18(21)23)12(2)16(24-17)13-7-5-4-6-8-13/h3-8,11H,1,9-10H2,2H3,(H,19,22). The average Bonchev–Trinajstić information content (AvgIpc) is 2.94. The lowest BCUT2D eigenvalue weighted by Gasteiger charge is -2.05. The Kier molecular flexibility index (Phi) is 4.57. The molecule has 1 N–H and O–H groups in total. The van der Waals surface area contributed by atoms with Crippen LogP contribution >= 0.6 is 11.3 Å². The molecule has 0 saturated carbocycles. The molecule has 0 aliphatic rings. The number of carbonyl (C=O) groups excluding carboxylic acids is 1. The van der Waals surface area contributed by atoms with E-state index < -0.39 is 0 Å². The summed E-state index contributed by atoms with van der Waals surface area (Å²) in [6.45, 7) is 5.79. The number of fused-ring (bicyclic) bond motifs is 1. The third-order valence-corrected chi connectivity index (χ3v) is 4.96. The van der Waals surface area contributed by atoms with Crippen molar-refractivity contribution in [1.82, 2.24) is 14.9 Å². The molecule has 0 aliphatic heterocycles. The second kappa shape index (κ2) is 6.80. The number of rotatable bonds is 5. The summed E-state index contributed by atoms with van der Waals surface area (Å²) in [5.74, 6) is -0.241. The van der Waals surface area contributed by atoms with E-state index in [2.05, 4.69) is 16.9 Å². The summed E-state index contributed by atoms with van der Waals surface area (Å²) in [6, 6.07) is 9.92. The summed E-state index contributed by atoms with van der Waals surface area (Å²) in [7, 11) is 0. The molecule has 0 atom stereocenters. The quantitative estimate of drug-likeness (QED) is 0.727. The Labute approximate surface area is 143 Å². The van der Waals surface area contributed by atoms with Crippen LogP contribution in [0, 0.1) is 6.92 Å². The fraction of sp³-hybridized carbons (Fsp3) is 0.167. The Balaban J connectivity index is 2.03. The molecule has 0 fully saturated rings. The number of amides is 1. The highest BCUT2D eigenvalue weighted by Gasteiger charge is 2.16. The molecule has 3 aromatic rings. The van der Waals surface area contributed by atoms with Gasteiger partial charge in [0.15, 0.2) is 0 Å². The smallest absolute Gasteiger partial charge is 0.262 e. The van der Waals surface area contributed by atoms with Gasteiger partial charge in [-0.05, 0) is 18.1 Å². The summed E-state index contributed by atoms with van der Waals surface area (Å²) in [4.78, 5) is 30.6. The zero-order chi connectivity index (χ0) is 17.1. The van der Waals surface area contributed by atoms with Crippen molar-refractivity contribution >= 4 is 27.5 Å². The third kappa shape index (κ3) is 3.00. The first-order valence-electron chi connectivity index (χ1n) is 7.53. The number of hydrogen-bond acceptors (Lipinski definition) is 4. The molecular formula is C18H17N3O2S. The van der Waals surface area contributed by atoms with Gasteiger partial charge in [-0.3, -0.25) is 14.2 Å². The lowest BCUT2D eigenvalue weighted by Crippen LogP contribution is -2.32. The van der Waals surface area contributed by atoms with Crippen LogP contribution in [0.25, 0.3) is 20.7 Å². The maximum absolute atomic E-state index is 12.7. The lowest BCUT2D eigenvalue weighted by molar-refractivity contribution is -0.121. The van der Waals surface area contributed by atoms with Crippen LogP contribution in [-0.2, 0) is 11.3 Å². The van der Waals surface area contributed by atoms with Gasteiger partial charge in [0.05, 0.1) is 11.7 Å². The monoisotopic (exact) mass is 339 g/mol. The zero-order valence-corrected chi connectivity index (χ0v) is 14.1. The summed E-state index contributed by atoms with van der Waals surface area (Å²) < 4.78 is 1.34. The minimum Gasteiger partial charge on any atom is -0.351 e. The van der Waals surface area contributed by atoms with Crippen molar-refractivity contribution in [1.29, 1.82) is 0 Å². The van der Waals surface area contributed by atoms with Crippen molar-refractivity contribution in [2.45, 2.75) is 13.5 Å². The molecule has 0 unspecified atom stereocenters. The molecule has 0 aliphatic carbocycles. The molecule has 0 saturated heterocycles. The maximum Gasteiger partial charge on any atom is 0.262 e. The first-order chi connectivity index (χ1) is 11.6. The van der Waals surface area contributed by atoms with E-state index in [1.807, 2.05) is 37.3 Å². The highest BCUT2D eigenvalue weighted by Crippen LogP contribution is 2.35. The van der Waals surface area contributed by atoms with E-state index in [0.29, 0.717) is 16.8 Å². The Morgan fingerprint density at radius 1 is 1.38 bits per heavy atom. The number of nitrogens with one attached hydrogen (secondary N) is 1. The van der Waals surface area contributed by atoms with E-state index in [1.165, 1.54) is 22.2 Å². The second-order valence-electron chi connectivity index (χ2n) is 5.37. The van der Waals surface area contributed by atoms with Crippen LogP contribution in [0.5, 0.6) is 0 Å². The molecule has 1 aromatic carbocycles. The van der Waals surface area contributed by atoms with E-state index in [0.717, 1.165) is 16.0 Å². The van der Waals surface area contributed by atoms with Gasteiger partial charge < -0.3 is 5.32 Å². The number of benzene rings is 1. The molecule has 122 valence electrons. The van der Waals surface area contributed by atoms with Crippen LogP contribution in [0.3, 0.4) is 0 Å². The molecule has 0 spiro atoms. The molecule has 24 heavy (non-hydrogen) atoms. The molecule has 2 heterocycles. The zero-order valence-electron chi connectivity index (χ0n) is 13.3. The number of aryl methyl sites for hydroxylation is 1. The third-order valence-electron chi connectivity index (χ3n) is 3.71. The number of aromatic nitrogens is 2. The number of thiophene rings is 1. The van der Waals surface area contributed by atoms with Crippen molar-refractivity contribution in [3.8, 4) is 10.4 Å². The highest BCUT2D eigenvalue weighted by atomic mass is 32.1. The summed E-state index contributed by atoms with van der Waals surface area (Å²) >= 11 is 1.49. The molecule has 0 radical (unpaired) electrons. The fourth-order valence-electron chi connectivity index (χ4n) is 2.53. The topological polar surface area (TPSA) is 64.0 Å². The SMILES string of the molecule is C=CCNC(=O)Cn1cnc2sc(-c3ccccc3)c(C)c2c1=O. The molecule has 3 rings (SSSR count). The van der Waals surface area contributed by atoms with E-state index >= 15 is 0 Å². The van der Waals surface area contributed by atoms with E-state index in [-0.39, 0.29) is 18.0 Å². The molecule has 1 amide bonds. The Morgan fingerprint density at radius 2 is 2.12 bits per heavy atom. The average molecular weight is 339 g/mol. The Bertz CT molecular complexity index is 958. The molecule has 5 nitrogen and oxygen atoms in total. The number of carbonyl (C=O) groups is 1. The van der Waals surface area contributed by atoms with E-state index in [9.17, 15) is 9.59 Å². The first-order valence-corrected chi connectivity index (χ1v) is 8.35. The Hall–Kier alpha value is -2.73. The van der Waals surface area contributed by atoms with Gasteiger partial charge in [0.2, 0.25) is 5.91 Å². The largest absolute Gasteiger partial charge is 0.351 e. The normalized spacial score (nSPS) is 10.7. The van der Waals surface area contributed by atoms with Crippen molar-refractivity contribution in [3.63, 3.8) is 0 Å². The summed E-state index contributed by atoms with van der Waals surface area (Å²) in [5, 5.41) is 3.24. The van der Waals surface area contributed by atoms with Crippen LogP contribution in [-0.4, -0.2) is 22.0 Å². The first kappa shape index (κ1) is 16.1. The molecular weight excluding hydrogens is 322 g/mol. The minimum absolute atomic E-state index is 0.0500. The van der Waals surface area contributed by atoms with Gasteiger partial charge in [0.25, 0.3) is 5.56 Å². The predicted octanol–water partition coefficient (Wildman–Crippen LogP) is 2.74. The molecule has 2 aromatic heterocycles. The van der Waals surface area contributed by atoms with Gasteiger partial charge in [-0.15, -0.1) is 17.9 Å². The second-order valence-corrected chi connectivity index (χ2v) is 6.37. The van der Waals surface area contributed by atoms with Crippen LogP contribution < -0.4 is 10.9 Å². The minimum atomic E-state index is -0.241. The molecule has 6 heteroatoms. The van der Waals surface area contributed by atoms with Crippen LogP contribution in [0.1, 0.15) is 5.56 Å². The number of hydrogen-bond donors (Lipinski definition) is 1. The lowest BCUT2D eigenvalue weighted by atomic mass is 10.1. The van der Waals surface area contributed by atoms with Crippen molar-refractivity contribution in [2.24, 2.45) is 0 Å². The van der Waals surface area contributed by atoms with Gasteiger partial charge in [-0.1, -0.05) is 36.4 Å². The highest BCUT2D eigenvalue weighted by molar-refractivity contribution is 7.22. The maximum atomic E-state index is 12.7. The Morgan fingerprint density at radius 3 is 2.83 bits per heavy atom. The van der Waals surface area contributed by atoms with Crippen LogP contribution in [0.2, 0.25) is 0 Å². The van der Waals surface area contributed by atoms with Crippen molar-refractivity contribution in [3.05, 3.63) is 65.2 Å². The van der Waals surface area contributed by atoms with Gasteiger partial charge in [-0.25, -0.2) is 4.98 Å². The number of nitrogens with zero attached hydrogens (tertiary/aromatic N) is 2. The van der Waals surface area contributed by atoms with E-state index in [1.54, 1.807) is 6.08 Å². The summed E-state index contributed by atoms with van der Waals surface area (Å²) in [6.07, 6.45) is 3.03. The summed E-state index contributed by atoms with van der Waals surface area (Å²) in [5.41, 5.74) is 1.77. The fourth-order valence-corrected chi connectivity index (χ4v) is 3.68. The van der Waals surface area contributed by atoms with Crippen LogP contribution in [0.4, 0.5) is 0 Å².